The summed E-state index contributed by atoms with van der Waals surface area (Å²) < 4.78 is 5.81. The molecule has 3 N–H and O–H groups in total. The SMILES string of the molecule is CCCCCCn1ccc(=O)c(O)c1C.CCCCCCn1ccc(=O)c(O)c1C.CCCCCCn1ccc(=O)c(O)c1C.[Fe]. The molecule has 3 aromatic heterocycles. The van der Waals surface area contributed by atoms with Gasteiger partial charge in [0.1, 0.15) is 0 Å². The minimum Gasteiger partial charge on any atom is -0.503 e. The Morgan fingerprint density at radius 1 is 0.457 bits per heavy atom. The summed E-state index contributed by atoms with van der Waals surface area (Å²) in [6.45, 7) is 14.5. The van der Waals surface area contributed by atoms with E-state index in [9.17, 15) is 29.7 Å². The maximum absolute atomic E-state index is 11.1. The van der Waals surface area contributed by atoms with Crippen molar-refractivity contribution in [3.63, 3.8) is 0 Å². The summed E-state index contributed by atoms with van der Waals surface area (Å²) in [6.07, 6.45) is 19.5. The first-order chi connectivity index (χ1) is 21.5. The molecule has 0 radical (unpaired) electrons. The van der Waals surface area contributed by atoms with Crippen molar-refractivity contribution >= 4 is 0 Å². The van der Waals surface area contributed by atoms with Gasteiger partial charge in [-0.25, -0.2) is 0 Å². The zero-order chi connectivity index (χ0) is 33.8. The fraction of sp³-hybridized carbons (Fsp3) is 0.583. The molecule has 9 nitrogen and oxygen atoms in total. The molecule has 0 bridgehead atoms. The van der Waals surface area contributed by atoms with Gasteiger partial charge in [0, 0.05) is 73.5 Å². The molecule has 0 aliphatic heterocycles. The van der Waals surface area contributed by atoms with Gasteiger partial charge in [0.25, 0.3) is 0 Å². The number of nitrogens with zero attached hydrogens (tertiary/aromatic N) is 3. The number of hydrogen-bond donors (Lipinski definition) is 3. The van der Waals surface area contributed by atoms with Crippen LogP contribution in [0.5, 0.6) is 17.2 Å². The molecular formula is C36H57FeN3O6. The van der Waals surface area contributed by atoms with Crippen molar-refractivity contribution in [2.75, 3.05) is 0 Å². The third-order valence-corrected chi connectivity index (χ3v) is 8.00. The van der Waals surface area contributed by atoms with E-state index < -0.39 is 0 Å². The molecular weight excluding hydrogens is 626 g/mol. The standard InChI is InChI=1S/3C12H19NO2.Fe/c3*1-3-4-5-6-8-13-9-7-11(14)12(15)10(13)2;/h3*7,9,15H,3-6,8H2,1-2H3;. The third kappa shape index (κ3) is 14.9. The van der Waals surface area contributed by atoms with Gasteiger partial charge in [-0.1, -0.05) is 78.6 Å². The summed E-state index contributed by atoms with van der Waals surface area (Å²) in [6, 6.07) is 4.26. The summed E-state index contributed by atoms with van der Waals surface area (Å²) in [5, 5.41) is 28.4. The molecule has 0 saturated heterocycles. The molecule has 0 aliphatic rings. The molecule has 3 aromatic rings. The van der Waals surface area contributed by atoms with Crippen LogP contribution in [0.4, 0.5) is 0 Å². The Balaban J connectivity index is 0.000000653. The number of unbranched alkanes of at least 4 members (excludes halogenated alkanes) is 9. The van der Waals surface area contributed by atoms with E-state index >= 15 is 0 Å². The second kappa shape index (κ2) is 24.0. The molecule has 3 heterocycles. The Morgan fingerprint density at radius 3 is 0.913 bits per heavy atom. The predicted molar refractivity (Wildman–Crippen MR) is 184 cm³/mol. The van der Waals surface area contributed by atoms with Crippen molar-refractivity contribution in [2.24, 2.45) is 0 Å². The molecule has 0 atom stereocenters. The number of hydrogen-bond acceptors (Lipinski definition) is 6. The number of rotatable bonds is 15. The van der Waals surface area contributed by atoms with Crippen molar-refractivity contribution in [3.05, 3.63) is 84.5 Å². The average molecular weight is 684 g/mol. The van der Waals surface area contributed by atoms with Gasteiger partial charge in [0.2, 0.25) is 16.3 Å². The third-order valence-electron chi connectivity index (χ3n) is 8.00. The van der Waals surface area contributed by atoms with Crippen molar-refractivity contribution < 1.29 is 32.4 Å². The smallest absolute Gasteiger partial charge is 0.223 e. The van der Waals surface area contributed by atoms with E-state index in [1.165, 1.54) is 76.0 Å². The fourth-order valence-electron chi connectivity index (χ4n) is 4.84. The first kappa shape index (κ1) is 42.8. The number of aryl methyl sites for hydroxylation is 3. The maximum atomic E-state index is 11.1. The molecule has 0 spiro atoms. The van der Waals surface area contributed by atoms with Crippen LogP contribution in [-0.2, 0) is 36.7 Å². The first-order valence-electron chi connectivity index (χ1n) is 16.7. The van der Waals surface area contributed by atoms with Crippen LogP contribution in [0.25, 0.3) is 0 Å². The van der Waals surface area contributed by atoms with E-state index in [1.54, 1.807) is 39.4 Å². The van der Waals surface area contributed by atoms with Gasteiger partial charge in [-0.2, -0.15) is 0 Å². The van der Waals surface area contributed by atoms with Crippen LogP contribution in [0.3, 0.4) is 0 Å². The van der Waals surface area contributed by atoms with Crippen LogP contribution in [0, 0.1) is 20.8 Å². The Kier molecular flexibility index (Phi) is 22.3. The predicted octanol–water partition coefficient (Wildman–Crippen LogP) is 7.33. The Labute approximate surface area is 285 Å². The second-order valence-corrected chi connectivity index (χ2v) is 11.6. The van der Waals surface area contributed by atoms with Crippen molar-refractivity contribution in [3.8, 4) is 17.2 Å². The summed E-state index contributed by atoms with van der Waals surface area (Å²) >= 11 is 0. The number of aromatic nitrogens is 3. The van der Waals surface area contributed by atoms with Crippen LogP contribution in [0.2, 0.25) is 0 Å². The van der Waals surface area contributed by atoms with Crippen LogP contribution in [0.1, 0.15) is 115 Å². The quantitative estimate of drug-likeness (QED) is 0.114. The van der Waals surface area contributed by atoms with Gasteiger partial charge >= 0.3 is 0 Å². The molecule has 10 heteroatoms. The van der Waals surface area contributed by atoms with Crippen LogP contribution >= 0.6 is 0 Å². The van der Waals surface area contributed by atoms with E-state index in [-0.39, 0.29) is 50.6 Å². The number of pyridine rings is 3. The zero-order valence-electron chi connectivity index (χ0n) is 28.8. The average Bonchev–Trinajstić information content (AvgIpc) is 3.03. The minimum absolute atomic E-state index is 0. The van der Waals surface area contributed by atoms with E-state index in [4.69, 9.17) is 0 Å². The summed E-state index contributed by atoms with van der Waals surface area (Å²) in [5.74, 6) is -0.353. The normalized spacial score (nSPS) is 10.3. The van der Waals surface area contributed by atoms with Gasteiger partial charge < -0.3 is 29.0 Å². The van der Waals surface area contributed by atoms with Crippen molar-refractivity contribution in [1.82, 2.24) is 13.7 Å². The van der Waals surface area contributed by atoms with Crippen LogP contribution in [0.15, 0.2) is 51.2 Å². The largest absolute Gasteiger partial charge is 0.503 e. The summed E-state index contributed by atoms with van der Waals surface area (Å²) in [5.41, 5.74) is 1.11. The van der Waals surface area contributed by atoms with Gasteiger partial charge in [-0.05, 0) is 40.0 Å². The van der Waals surface area contributed by atoms with E-state index in [1.807, 2.05) is 13.7 Å². The van der Waals surface area contributed by atoms with Gasteiger partial charge in [0.15, 0.2) is 17.2 Å². The molecule has 0 aromatic carbocycles. The van der Waals surface area contributed by atoms with E-state index in [0.29, 0.717) is 17.1 Å². The molecule has 3 rings (SSSR count). The molecule has 0 fully saturated rings. The molecule has 46 heavy (non-hydrogen) atoms. The molecule has 0 saturated carbocycles. The van der Waals surface area contributed by atoms with Gasteiger partial charge in [-0.15, -0.1) is 0 Å². The minimum atomic E-state index is -0.294. The molecule has 0 amide bonds. The summed E-state index contributed by atoms with van der Waals surface area (Å²) in [4.78, 5) is 33.3. The van der Waals surface area contributed by atoms with E-state index in [0.717, 1.165) is 38.9 Å². The molecule has 260 valence electrons. The van der Waals surface area contributed by atoms with E-state index in [2.05, 4.69) is 20.8 Å². The molecule has 0 unspecified atom stereocenters. The van der Waals surface area contributed by atoms with Gasteiger partial charge in [0.05, 0.1) is 17.1 Å². The van der Waals surface area contributed by atoms with Crippen molar-refractivity contribution in [1.29, 1.82) is 0 Å². The topological polar surface area (TPSA) is 127 Å². The zero-order valence-corrected chi connectivity index (χ0v) is 29.9. The maximum Gasteiger partial charge on any atom is 0.223 e. The molecule has 0 aliphatic carbocycles. The second-order valence-electron chi connectivity index (χ2n) is 11.6. The van der Waals surface area contributed by atoms with Gasteiger partial charge in [-0.3, -0.25) is 14.4 Å². The van der Waals surface area contributed by atoms with Crippen molar-refractivity contribution in [2.45, 2.75) is 138 Å². The first-order valence-corrected chi connectivity index (χ1v) is 16.7. The van der Waals surface area contributed by atoms with Crippen LogP contribution in [-0.4, -0.2) is 29.0 Å². The Morgan fingerprint density at radius 2 is 0.696 bits per heavy atom. The Bertz CT molecular complexity index is 1290. The monoisotopic (exact) mass is 683 g/mol. The fourth-order valence-corrected chi connectivity index (χ4v) is 4.84. The Hall–Kier alpha value is -3.23. The summed E-state index contributed by atoms with van der Waals surface area (Å²) in [7, 11) is 0. The number of aromatic hydroxyl groups is 3. The van der Waals surface area contributed by atoms with Crippen LogP contribution < -0.4 is 16.3 Å².